The summed E-state index contributed by atoms with van der Waals surface area (Å²) in [5.41, 5.74) is 7.18. The van der Waals surface area contributed by atoms with Gasteiger partial charge < -0.3 is 20.5 Å². The maximum atomic E-state index is 12.1. The molecule has 0 radical (unpaired) electrons. The van der Waals surface area contributed by atoms with Crippen molar-refractivity contribution in [2.75, 3.05) is 12.4 Å². The Hall–Kier alpha value is -2.42. The van der Waals surface area contributed by atoms with Crippen LogP contribution in [-0.4, -0.2) is 19.4 Å². The Labute approximate surface area is 150 Å². The summed E-state index contributed by atoms with van der Waals surface area (Å²) in [5, 5.41) is 2.79. The first-order chi connectivity index (χ1) is 11.8. The number of anilines is 1. The zero-order valence-electron chi connectivity index (χ0n) is 13.1. The van der Waals surface area contributed by atoms with E-state index < -0.39 is 6.36 Å². The van der Waals surface area contributed by atoms with E-state index in [0.717, 1.165) is 10.0 Å². The quantitative estimate of drug-likeness (QED) is 0.562. The molecule has 5 nitrogen and oxygen atoms in total. The summed E-state index contributed by atoms with van der Waals surface area (Å²) in [6.45, 7) is 0.330. The molecule has 25 heavy (non-hydrogen) atoms. The van der Waals surface area contributed by atoms with E-state index in [2.05, 4.69) is 31.0 Å². The van der Waals surface area contributed by atoms with Crippen molar-refractivity contribution in [3.63, 3.8) is 0 Å². The number of nitrogens with one attached hydrogen (secondary N) is 1. The Bertz CT molecular complexity index is 749. The molecule has 2 aromatic rings. The number of hydrogen-bond acceptors (Lipinski definition) is 3. The molecular formula is C16H15BrF3N3O2. The maximum absolute atomic E-state index is 12.1. The van der Waals surface area contributed by atoms with Crippen LogP contribution >= 0.6 is 15.9 Å². The van der Waals surface area contributed by atoms with E-state index in [9.17, 15) is 13.2 Å². The lowest BCUT2D eigenvalue weighted by Gasteiger charge is -2.10. The highest BCUT2D eigenvalue weighted by Gasteiger charge is 2.30. The molecule has 134 valence electrons. The summed E-state index contributed by atoms with van der Waals surface area (Å²) >= 11 is 3.38. The van der Waals surface area contributed by atoms with E-state index in [1.807, 2.05) is 12.1 Å². The van der Waals surface area contributed by atoms with Crippen LogP contribution in [0.15, 0.2) is 51.9 Å². The second-order valence-electron chi connectivity index (χ2n) is 4.87. The fourth-order valence-corrected chi connectivity index (χ4v) is 2.50. The van der Waals surface area contributed by atoms with Gasteiger partial charge in [-0.2, -0.15) is 0 Å². The van der Waals surface area contributed by atoms with Crippen LogP contribution in [0.25, 0.3) is 0 Å². The van der Waals surface area contributed by atoms with Gasteiger partial charge in [0.05, 0.1) is 18.1 Å². The lowest BCUT2D eigenvalue weighted by molar-refractivity contribution is -0.274. The molecule has 0 spiro atoms. The highest BCUT2D eigenvalue weighted by atomic mass is 79.9. The second kappa shape index (κ2) is 8.11. The molecule has 0 fully saturated rings. The summed E-state index contributed by atoms with van der Waals surface area (Å²) in [5.74, 6) is 0.535. The predicted octanol–water partition coefficient (Wildman–Crippen LogP) is 4.28. The third kappa shape index (κ3) is 6.18. The maximum Gasteiger partial charge on any atom is 0.573 e. The SMILES string of the molecule is COc1ccc(CN=C(N)Nc2ccc(OC(F)(F)F)cc2)cc1Br. The summed E-state index contributed by atoms with van der Waals surface area (Å²) in [4.78, 5) is 4.18. The molecule has 2 rings (SSSR count). The molecule has 2 aromatic carbocycles. The van der Waals surface area contributed by atoms with Crippen LogP contribution in [0, 0.1) is 0 Å². The minimum Gasteiger partial charge on any atom is -0.496 e. The molecule has 0 aliphatic rings. The molecule has 0 aromatic heterocycles. The number of rotatable bonds is 5. The molecule has 0 bridgehead atoms. The first kappa shape index (κ1) is 18.9. The lowest BCUT2D eigenvalue weighted by atomic mass is 10.2. The number of nitrogens with zero attached hydrogens (tertiary/aromatic N) is 1. The van der Waals surface area contributed by atoms with Gasteiger partial charge in [-0.15, -0.1) is 13.2 Å². The molecule has 0 atom stereocenters. The number of halogens is 4. The van der Waals surface area contributed by atoms with Crippen LogP contribution in [0.4, 0.5) is 18.9 Å². The number of benzene rings is 2. The molecular weight excluding hydrogens is 403 g/mol. The van der Waals surface area contributed by atoms with Crippen LogP contribution in [0.1, 0.15) is 5.56 Å². The van der Waals surface area contributed by atoms with Crippen molar-refractivity contribution in [3.05, 3.63) is 52.5 Å². The molecule has 0 heterocycles. The molecule has 0 aliphatic heterocycles. The Kier molecular flexibility index (Phi) is 6.13. The normalized spacial score (nSPS) is 12.0. The molecule has 0 saturated carbocycles. The molecule has 0 unspecified atom stereocenters. The number of aliphatic imine (C=N–C) groups is 1. The van der Waals surface area contributed by atoms with Gasteiger partial charge in [0.2, 0.25) is 0 Å². The van der Waals surface area contributed by atoms with Gasteiger partial charge in [0.25, 0.3) is 0 Å². The Morgan fingerprint density at radius 2 is 1.88 bits per heavy atom. The van der Waals surface area contributed by atoms with Gasteiger partial charge in [-0.3, -0.25) is 0 Å². The van der Waals surface area contributed by atoms with Crippen LogP contribution in [0.5, 0.6) is 11.5 Å². The first-order valence-corrected chi connectivity index (χ1v) is 7.81. The van der Waals surface area contributed by atoms with Crippen LogP contribution in [0.2, 0.25) is 0 Å². The summed E-state index contributed by atoms with van der Waals surface area (Å²) < 4.78 is 46.0. The number of methoxy groups -OCH3 is 1. The van der Waals surface area contributed by atoms with E-state index in [4.69, 9.17) is 10.5 Å². The van der Waals surface area contributed by atoms with Crippen molar-refractivity contribution in [1.82, 2.24) is 0 Å². The second-order valence-corrected chi connectivity index (χ2v) is 5.72. The number of ether oxygens (including phenoxy) is 2. The van der Waals surface area contributed by atoms with Crippen LogP contribution in [0.3, 0.4) is 0 Å². The third-order valence-electron chi connectivity index (χ3n) is 3.01. The number of hydrogen-bond donors (Lipinski definition) is 2. The number of nitrogens with two attached hydrogens (primary N) is 1. The van der Waals surface area contributed by atoms with Crippen molar-refractivity contribution in [2.24, 2.45) is 10.7 Å². The standard InChI is InChI=1S/C16H15BrF3N3O2/c1-24-14-7-2-10(8-13(14)17)9-22-15(21)23-11-3-5-12(6-4-11)25-16(18,19)20/h2-8H,9H2,1H3,(H3,21,22,23). The highest BCUT2D eigenvalue weighted by Crippen LogP contribution is 2.26. The summed E-state index contributed by atoms with van der Waals surface area (Å²) in [7, 11) is 1.57. The van der Waals surface area contributed by atoms with Gasteiger partial charge in [-0.1, -0.05) is 6.07 Å². The van der Waals surface area contributed by atoms with Gasteiger partial charge in [0, 0.05) is 5.69 Å². The fourth-order valence-electron chi connectivity index (χ4n) is 1.91. The van der Waals surface area contributed by atoms with Gasteiger partial charge in [0.1, 0.15) is 11.5 Å². The monoisotopic (exact) mass is 417 g/mol. The Morgan fingerprint density at radius 1 is 1.20 bits per heavy atom. The lowest BCUT2D eigenvalue weighted by Crippen LogP contribution is -2.22. The van der Waals surface area contributed by atoms with Crippen molar-refractivity contribution < 1.29 is 22.6 Å². The molecule has 9 heteroatoms. The van der Waals surface area contributed by atoms with E-state index in [-0.39, 0.29) is 11.7 Å². The van der Waals surface area contributed by atoms with Crippen molar-refractivity contribution >= 4 is 27.6 Å². The van der Waals surface area contributed by atoms with E-state index in [1.165, 1.54) is 24.3 Å². The molecule has 0 aliphatic carbocycles. The smallest absolute Gasteiger partial charge is 0.496 e. The largest absolute Gasteiger partial charge is 0.573 e. The van der Waals surface area contributed by atoms with Crippen molar-refractivity contribution in [3.8, 4) is 11.5 Å². The van der Waals surface area contributed by atoms with Crippen LogP contribution in [-0.2, 0) is 6.54 Å². The van der Waals surface area contributed by atoms with Crippen molar-refractivity contribution in [1.29, 1.82) is 0 Å². The third-order valence-corrected chi connectivity index (χ3v) is 3.63. The number of guanidine groups is 1. The summed E-state index contributed by atoms with van der Waals surface area (Å²) in [6.07, 6.45) is -4.72. The fraction of sp³-hybridized carbons (Fsp3) is 0.188. The zero-order valence-corrected chi connectivity index (χ0v) is 14.7. The van der Waals surface area contributed by atoms with E-state index in [1.54, 1.807) is 13.2 Å². The van der Waals surface area contributed by atoms with Crippen molar-refractivity contribution in [2.45, 2.75) is 12.9 Å². The van der Waals surface area contributed by atoms with Gasteiger partial charge in [-0.25, -0.2) is 4.99 Å². The minimum absolute atomic E-state index is 0.136. The Morgan fingerprint density at radius 3 is 2.44 bits per heavy atom. The predicted molar refractivity (Wildman–Crippen MR) is 92.8 cm³/mol. The topological polar surface area (TPSA) is 68.9 Å². The Balaban J connectivity index is 1.95. The number of alkyl halides is 3. The molecule has 0 saturated heterocycles. The van der Waals surface area contributed by atoms with Gasteiger partial charge in [-0.05, 0) is 57.9 Å². The highest BCUT2D eigenvalue weighted by molar-refractivity contribution is 9.10. The van der Waals surface area contributed by atoms with Gasteiger partial charge in [0.15, 0.2) is 5.96 Å². The van der Waals surface area contributed by atoms with E-state index in [0.29, 0.717) is 18.0 Å². The average molecular weight is 418 g/mol. The van der Waals surface area contributed by atoms with Crippen LogP contribution < -0.4 is 20.5 Å². The molecule has 0 amide bonds. The minimum atomic E-state index is -4.72. The van der Waals surface area contributed by atoms with Gasteiger partial charge >= 0.3 is 6.36 Å². The van der Waals surface area contributed by atoms with E-state index >= 15 is 0 Å². The first-order valence-electron chi connectivity index (χ1n) is 7.02. The molecule has 3 N–H and O–H groups in total. The summed E-state index contributed by atoms with van der Waals surface area (Å²) in [6, 6.07) is 10.7. The zero-order chi connectivity index (χ0) is 18.4. The average Bonchev–Trinajstić information content (AvgIpc) is 2.53.